The lowest BCUT2D eigenvalue weighted by Gasteiger charge is -2.10. The number of aromatic nitrogens is 1. The lowest BCUT2D eigenvalue weighted by molar-refractivity contribution is -0.390. The molecule has 0 aliphatic carbocycles. The Balaban J connectivity index is 3.34. The number of nitro groups is 1. The fourth-order valence-electron chi connectivity index (χ4n) is 1.07. The van der Waals surface area contributed by atoms with Crippen LogP contribution in [0.5, 0.6) is 5.75 Å². The second-order valence-corrected chi connectivity index (χ2v) is 3.91. The number of rotatable bonds is 3. The van der Waals surface area contributed by atoms with Crippen molar-refractivity contribution in [3.8, 4) is 11.8 Å². The molecule has 0 spiro atoms. The molecule has 0 saturated heterocycles. The summed E-state index contributed by atoms with van der Waals surface area (Å²) in [5.74, 6) is -0.975. The molecule has 0 atom stereocenters. The van der Waals surface area contributed by atoms with Gasteiger partial charge in [0.1, 0.15) is 0 Å². The lowest BCUT2D eigenvalue weighted by Crippen LogP contribution is -2.18. The molecule has 0 aliphatic rings. The minimum absolute atomic E-state index is 0.0354. The summed E-state index contributed by atoms with van der Waals surface area (Å²) in [5.41, 5.74) is -0.915. The van der Waals surface area contributed by atoms with E-state index < -0.39 is 22.7 Å². The molecule has 0 aliphatic heterocycles. The predicted molar refractivity (Wildman–Crippen MR) is 59.6 cm³/mol. The number of hydrogen-bond acceptors (Lipinski definition) is 5. The van der Waals surface area contributed by atoms with Gasteiger partial charge in [0.2, 0.25) is 5.75 Å². The van der Waals surface area contributed by atoms with Gasteiger partial charge >= 0.3 is 12.0 Å². The Morgan fingerprint density at radius 1 is 1.61 bits per heavy atom. The van der Waals surface area contributed by atoms with Crippen molar-refractivity contribution in [1.82, 2.24) is 4.98 Å². The van der Waals surface area contributed by atoms with E-state index in [2.05, 4.69) is 9.72 Å². The molecule has 1 aromatic heterocycles. The Labute approximate surface area is 112 Å². The van der Waals surface area contributed by atoms with Crippen LogP contribution in [0.4, 0.5) is 18.9 Å². The van der Waals surface area contributed by atoms with Crippen molar-refractivity contribution in [2.75, 3.05) is 0 Å². The Kier molecular flexibility index (Phi) is 4.28. The SMILES string of the molecule is N#CCc1cc(OC(F)(F)F)c([N+](=O)[O-])c(I)n1. The summed E-state index contributed by atoms with van der Waals surface area (Å²) in [6.45, 7) is 0. The molecule has 0 unspecified atom stereocenters. The van der Waals surface area contributed by atoms with Gasteiger partial charge in [-0.3, -0.25) is 10.1 Å². The quantitative estimate of drug-likeness (QED) is 0.352. The smallest absolute Gasteiger partial charge is 0.398 e. The van der Waals surface area contributed by atoms with Gasteiger partial charge in [-0.15, -0.1) is 13.2 Å². The number of nitriles is 1. The van der Waals surface area contributed by atoms with Crippen molar-refractivity contribution in [1.29, 1.82) is 5.26 Å². The first-order valence-corrected chi connectivity index (χ1v) is 5.29. The van der Waals surface area contributed by atoms with Gasteiger partial charge in [-0.05, 0) is 22.6 Å². The number of alkyl halides is 3. The van der Waals surface area contributed by atoms with Crippen LogP contribution in [0.1, 0.15) is 5.69 Å². The van der Waals surface area contributed by atoms with Gasteiger partial charge in [-0.25, -0.2) is 4.98 Å². The first-order valence-electron chi connectivity index (χ1n) is 4.21. The zero-order valence-corrected chi connectivity index (χ0v) is 10.5. The zero-order valence-electron chi connectivity index (χ0n) is 8.36. The van der Waals surface area contributed by atoms with Gasteiger partial charge in [0.15, 0.2) is 3.70 Å². The molecule has 0 saturated carbocycles. The van der Waals surface area contributed by atoms with Crippen LogP contribution in [0.3, 0.4) is 0 Å². The van der Waals surface area contributed by atoms with E-state index in [9.17, 15) is 23.3 Å². The van der Waals surface area contributed by atoms with Gasteiger partial charge < -0.3 is 4.74 Å². The zero-order chi connectivity index (χ0) is 13.9. The molecule has 96 valence electrons. The molecule has 1 rings (SSSR count). The third-order valence-electron chi connectivity index (χ3n) is 1.64. The van der Waals surface area contributed by atoms with Crippen LogP contribution >= 0.6 is 22.6 Å². The maximum Gasteiger partial charge on any atom is 0.573 e. The number of hydrogen-bond donors (Lipinski definition) is 0. The highest BCUT2D eigenvalue weighted by Gasteiger charge is 2.36. The summed E-state index contributed by atoms with van der Waals surface area (Å²) in [6, 6.07) is 2.41. The topological polar surface area (TPSA) is 89.0 Å². The first-order chi connectivity index (χ1) is 8.24. The van der Waals surface area contributed by atoms with E-state index in [1.807, 2.05) is 0 Å². The molecule has 10 heteroatoms. The van der Waals surface area contributed by atoms with Crippen molar-refractivity contribution >= 4 is 28.3 Å². The van der Waals surface area contributed by atoms with Crippen molar-refractivity contribution in [3.05, 3.63) is 25.6 Å². The van der Waals surface area contributed by atoms with Gasteiger partial charge in [0, 0.05) is 6.07 Å². The summed E-state index contributed by atoms with van der Waals surface area (Å²) in [4.78, 5) is 13.3. The Hall–Kier alpha value is -1.64. The van der Waals surface area contributed by atoms with E-state index in [0.717, 1.165) is 6.07 Å². The molecule has 1 heterocycles. The summed E-state index contributed by atoms with van der Waals surface area (Å²) in [5, 5.41) is 19.1. The molecular weight excluding hydrogens is 370 g/mol. The normalized spacial score (nSPS) is 10.8. The maximum atomic E-state index is 12.1. The number of halogens is 4. The average molecular weight is 373 g/mol. The second-order valence-electron chi connectivity index (χ2n) is 2.89. The van der Waals surface area contributed by atoms with Gasteiger partial charge in [-0.1, -0.05) is 0 Å². The van der Waals surface area contributed by atoms with Crippen LogP contribution in [0.2, 0.25) is 0 Å². The van der Waals surface area contributed by atoms with Crippen LogP contribution in [-0.2, 0) is 6.42 Å². The van der Waals surface area contributed by atoms with E-state index in [4.69, 9.17) is 5.26 Å². The second kappa shape index (κ2) is 5.34. The van der Waals surface area contributed by atoms with E-state index in [1.165, 1.54) is 22.6 Å². The molecule has 6 nitrogen and oxygen atoms in total. The summed E-state index contributed by atoms with van der Waals surface area (Å²) >= 11 is 1.41. The highest BCUT2D eigenvalue weighted by atomic mass is 127. The van der Waals surface area contributed by atoms with Crippen LogP contribution in [0.25, 0.3) is 0 Å². The molecule has 0 bridgehead atoms. The van der Waals surface area contributed by atoms with Crippen molar-refractivity contribution in [3.63, 3.8) is 0 Å². The van der Waals surface area contributed by atoms with Crippen LogP contribution < -0.4 is 4.74 Å². The summed E-state index contributed by atoms with van der Waals surface area (Å²) in [6.07, 6.45) is -5.33. The van der Waals surface area contributed by atoms with Crippen molar-refractivity contribution < 1.29 is 22.8 Å². The third kappa shape index (κ3) is 3.69. The largest absolute Gasteiger partial charge is 0.573 e. The van der Waals surface area contributed by atoms with Crippen LogP contribution in [0.15, 0.2) is 6.07 Å². The van der Waals surface area contributed by atoms with E-state index in [1.54, 1.807) is 6.07 Å². The Morgan fingerprint density at radius 2 is 2.22 bits per heavy atom. The molecular formula is C8H3F3IN3O3. The molecule has 1 aromatic rings. The molecule has 0 amide bonds. The fourth-order valence-corrected chi connectivity index (χ4v) is 1.84. The lowest BCUT2D eigenvalue weighted by atomic mass is 10.2. The third-order valence-corrected chi connectivity index (χ3v) is 2.39. The molecule has 0 radical (unpaired) electrons. The first kappa shape index (κ1) is 14.4. The minimum atomic E-state index is -5.06. The minimum Gasteiger partial charge on any atom is -0.398 e. The van der Waals surface area contributed by atoms with Gasteiger partial charge in [0.05, 0.1) is 23.1 Å². The summed E-state index contributed by atoms with van der Waals surface area (Å²) in [7, 11) is 0. The number of nitrogens with zero attached hydrogens (tertiary/aromatic N) is 3. The maximum absolute atomic E-state index is 12.1. The summed E-state index contributed by atoms with van der Waals surface area (Å²) < 4.78 is 39.6. The monoisotopic (exact) mass is 373 g/mol. The van der Waals surface area contributed by atoms with Crippen LogP contribution in [-0.4, -0.2) is 16.3 Å². The standard InChI is InChI=1S/C8H3F3IN3O3/c9-8(10,11)18-5-3-4(1-2-13)14-7(12)6(5)15(16)17/h3H,1H2. The average Bonchev–Trinajstić information content (AvgIpc) is 2.13. The predicted octanol–water partition coefficient (Wildman–Crippen LogP) is 2.56. The van der Waals surface area contributed by atoms with E-state index in [-0.39, 0.29) is 15.8 Å². The molecule has 0 fully saturated rings. The van der Waals surface area contributed by atoms with E-state index >= 15 is 0 Å². The van der Waals surface area contributed by atoms with Gasteiger partial charge in [0.25, 0.3) is 0 Å². The van der Waals surface area contributed by atoms with Crippen molar-refractivity contribution in [2.45, 2.75) is 12.8 Å². The Bertz CT molecular complexity index is 527. The molecule has 18 heavy (non-hydrogen) atoms. The van der Waals surface area contributed by atoms with E-state index in [0.29, 0.717) is 0 Å². The highest BCUT2D eigenvalue weighted by molar-refractivity contribution is 14.1. The van der Waals surface area contributed by atoms with Crippen LogP contribution in [0, 0.1) is 25.1 Å². The highest BCUT2D eigenvalue weighted by Crippen LogP contribution is 2.35. The van der Waals surface area contributed by atoms with Crippen molar-refractivity contribution in [2.24, 2.45) is 0 Å². The van der Waals surface area contributed by atoms with Gasteiger partial charge in [-0.2, -0.15) is 5.26 Å². The molecule has 0 N–H and O–H groups in total. The molecule has 0 aromatic carbocycles. The number of pyridine rings is 1. The number of ether oxygens (including phenoxy) is 1. The Morgan fingerprint density at radius 3 is 2.67 bits per heavy atom. The fraction of sp³-hybridized carbons (Fsp3) is 0.250.